The van der Waals surface area contributed by atoms with Crippen LogP contribution in [0.1, 0.15) is 6.92 Å². The fourth-order valence-corrected chi connectivity index (χ4v) is 3.69. The summed E-state index contributed by atoms with van der Waals surface area (Å²) in [6.07, 6.45) is 0. The highest BCUT2D eigenvalue weighted by molar-refractivity contribution is 6.49. The van der Waals surface area contributed by atoms with Crippen molar-refractivity contribution in [2.75, 3.05) is 9.91 Å². The lowest BCUT2D eigenvalue weighted by atomic mass is 9.95. The number of hydrazone groups is 1. The van der Waals surface area contributed by atoms with Crippen molar-refractivity contribution in [3.63, 3.8) is 0 Å². The van der Waals surface area contributed by atoms with Gasteiger partial charge in [-0.3, -0.25) is 19.4 Å². The summed E-state index contributed by atoms with van der Waals surface area (Å²) in [6, 6.07) is 12.2. The first-order valence-corrected chi connectivity index (χ1v) is 8.91. The molecule has 2 atom stereocenters. The third-order valence-corrected chi connectivity index (χ3v) is 5.05. The number of benzene rings is 2. The van der Waals surface area contributed by atoms with E-state index in [1.807, 2.05) is 0 Å². The Kier molecular flexibility index (Phi) is 4.25. The Morgan fingerprint density at radius 2 is 1.67 bits per heavy atom. The van der Waals surface area contributed by atoms with Crippen molar-refractivity contribution >= 4 is 57.9 Å². The number of imide groups is 1. The van der Waals surface area contributed by atoms with E-state index in [-0.39, 0.29) is 11.5 Å². The molecular formula is C19H13Cl2N3O3. The number of anilines is 2. The van der Waals surface area contributed by atoms with Crippen LogP contribution in [0.2, 0.25) is 10.0 Å². The van der Waals surface area contributed by atoms with Crippen LogP contribution >= 0.6 is 23.2 Å². The minimum atomic E-state index is -0.954. The summed E-state index contributed by atoms with van der Waals surface area (Å²) in [6.45, 7) is 1.33. The van der Waals surface area contributed by atoms with Crippen LogP contribution in [0.25, 0.3) is 0 Å². The van der Waals surface area contributed by atoms with Crippen LogP contribution in [0, 0.1) is 5.92 Å². The maximum absolute atomic E-state index is 13.1. The van der Waals surface area contributed by atoms with Crippen molar-refractivity contribution in [1.82, 2.24) is 0 Å². The van der Waals surface area contributed by atoms with Crippen LogP contribution in [-0.2, 0) is 14.4 Å². The first-order valence-electron chi connectivity index (χ1n) is 8.16. The molecule has 6 nitrogen and oxygen atoms in total. The van der Waals surface area contributed by atoms with Crippen LogP contribution < -0.4 is 9.91 Å². The number of hydrogen-bond donors (Lipinski definition) is 0. The Labute approximate surface area is 165 Å². The second kappa shape index (κ2) is 6.48. The van der Waals surface area contributed by atoms with Gasteiger partial charge in [0.15, 0.2) is 5.78 Å². The molecule has 27 heavy (non-hydrogen) atoms. The summed E-state index contributed by atoms with van der Waals surface area (Å²) < 4.78 is 0. The van der Waals surface area contributed by atoms with Gasteiger partial charge in [0.05, 0.1) is 11.4 Å². The number of hydrogen-bond acceptors (Lipinski definition) is 5. The number of ketones is 1. The third-order valence-electron chi connectivity index (χ3n) is 4.57. The lowest BCUT2D eigenvalue weighted by Crippen LogP contribution is -2.39. The highest BCUT2D eigenvalue weighted by atomic mass is 35.5. The molecule has 0 bridgehead atoms. The zero-order chi connectivity index (χ0) is 19.3. The summed E-state index contributed by atoms with van der Waals surface area (Å²) in [4.78, 5) is 39.3. The van der Waals surface area contributed by atoms with E-state index >= 15 is 0 Å². The minimum Gasteiger partial charge on any atom is -0.293 e. The largest absolute Gasteiger partial charge is 0.293 e. The monoisotopic (exact) mass is 401 g/mol. The van der Waals surface area contributed by atoms with Gasteiger partial charge in [-0.05, 0) is 42.5 Å². The van der Waals surface area contributed by atoms with E-state index in [9.17, 15) is 14.4 Å². The molecular weight excluding hydrogens is 389 g/mol. The van der Waals surface area contributed by atoms with Gasteiger partial charge in [-0.2, -0.15) is 5.10 Å². The van der Waals surface area contributed by atoms with Crippen LogP contribution in [0.4, 0.5) is 11.4 Å². The minimum absolute atomic E-state index is 0.0674. The van der Waals surface area contributed by atoms with Crippen molar-refractivity contribution in [2.24, 2.45) is 11.0 Å². The average molecular weight is 402 g/mol. The summed E-state index contributed by atoms with van der Waals surface area (Å²) in [5, 5.41) is 6.63. The van der Waals surface area contributed by atoms with Crippen LogP contribution in [0.3, 0.4) is 0 Å². The number of carbonyl (C=O) groups excluding carboxylic acids is 3. The molecule has 2 amide bonds. The predicted octanol–water partition coefficient (Wildman–Crippen LogP) is 3.32. The number of halogens is 2. The van der Waals surface area contributed by atoms with Crippen molar-refractivity contribution in [2.45, 2.75) is 13.0 Å². The summed E-state index contributed by atoms with van der Waals surface area (Å²) >= 11 is 11.9. The van der Waals surface area contributed by atoms with Gasteiger partial charge < -0.3 is 0 Å². The first-order chi connectivity index (χ1) is 12.9. The lowest BCUT2D eigenvalue weighted by molar-refractivity contribution is -0.122. The van der Waals surface area contributed by atoms with Crippen molar-refractivity contribution in [3.05, 3.63) is 58.6 Å². The smallest absolute Gasteiger partial charge is 0.259 e. The molecule has 2 aromatic rings. The molecule has 0 aromatic heterocycles. The Bertz CT molecular complexity index is 1000. The van der Waals surface area contributed by atoms with E-state index in [1.54, 1.807) is 42.5 Å². The number of fused-ring (bicyclic) bond motifs is 1. The van der Waals surface area contributed by atoms with Gasteiger partial charge in [0.25, 0.3) is 5.91 Å². The van der Waals surface area contributed by atoms with Crippen molar-refractivity contribution in [1.29, 1.82) is 0 Å². The summed E-state index contributed by atoms with van der Waals surface area (Å²) in [5.74, 6) is -2.25. The molecule has 1 fully saturated rings. The maximum atomic E-state index is 13.1. The van der Waals surface area contributed by atoms with Gasteiger partial charge in [0, 0.05) is 17.0 Å². The SMILES string of the molecule is CC(=O)C1=NN(c2ccc(Cl)cc2)C2C(=O)N(c3cccc(Cl)c3)C(=O)C12. The Balaban J connectivity index is 1.80. The maximum Gasteiger partial charge on any atom is 0.259 e. The molecule has 2 aliphatic rings. The van der Waals surface area contributed by atoms with E-state index < -0.39 is 23.8 Å². The van der Waals surface area contributed by atoms with Crippen LogP contribution in [0.5, 0.6) is 0 Å². The molecule has 4 rings (SSSR count). The number of carbonyl (C=O) groups is 3. The van der Waals surface area contributed by atoms with E-state index in [0.717, 1.165) is 4.90 Å². The molecule has 8 heteroatoms. The summed E-state index contributed by atoms with van der Waals surface area (Å²) in [5.41, 5.74) is 1.00. The lowest BCUT2D eigenvalue weighted by Gasteiger charge is -2.22. The Morgan fingerprint density at radius 3 is 2.30 bits per heavy atom. The highest BCUT2D eigenvalue weighted by Gasteiger charge is 2.58. The average Bonchev–Trinajstić information content (AvgIpc) is 3.13. The second-order valence-electron chi connectivity index (χ2n) is 6.28. The Hall–Kier alpha value is -2.70. The number of Topliss-reactive ketones (excluding diaryl/α,β-unsaturated/α-hetero) is 1. The fraction of sp³-hybridized carbons (Fsp3) is 0.158. The molecule has 1 saturated heterocycles. The van der Waals surface area contributed by atoms with Crippen LogP contribution in [-0.4, -0.2) is 29.4 Å². The molecule has 136 valence electrons. The molecule has 0 spiro atoms. The van der Waals surface area contributed by atoms with E-state index in [0.29, 0.717) is 21.4 Å². The normalized spacial score (nSPS) is 21.5. The van der Waals surface area contributed by atoms with Gasteiger partial charge in [0.1, 0.15) is 17.7 Å². The van der Waals surface area contributed by atoms with E-state index in [4.69, 9.17) is 23.2 Å². The number of nitrogens with zero attached hydrogens (tertiary/aromatic N) is 3. The van der Waals surface area contributed by atoms with E-state index in [1.165, 1.54) is 18.0 Å². The first kappa shape index (κ1) is 17.7. The topological polar surface area (TPSA) is 70.1 Å². The molecule has 0 saturated carbocycles. The number of rotatable bonds is 3. The number of amides is 2. The van der Waals surface area contributed by atoms with E-state index in [2.05, 4.69) is 5.10 Å². The quantitative estimate of drug-likeness (QED) is 0.739. The van der Waals surface area contributed by atoms with Gasteiger partial charge >= 0.3 is 0 Å². The second-order valence-corrected chi connectivity index (χ2v) is 7.15. The Morgan fingerprint density at radius 1 is 0.963 bits per heavy atom. The predicted molar refractivity (Wildman–Crippen MR) is 103 cm³/mol. The molecule has 0 aliphatic carbocycles. The van der Waals surface area contributed by atoms with Gasteiger partial charge in [-0.25, -0.2) is 4.90 Å². The standard InChI is InChI=1S/C19H13Cl2N3O3/c1-10(25)16-15-17(24(22-16)13-7-5-11(20)6-8-13)19(27)23(18(15)26)14-4-2-3-12(21)9-14/h2-9,15,17H,1H3. The van der Waals surface area contributed by atoms with Gasteiger partial charge in [-0.1, -0.05) is 29.3 Å². The van der Waals surface area contributed by atoms with Crippen molar-refractivity contribution in [3.8, 4) is 0 Å². The third kappa shape index (κ3) is 2.81. The molecule has 2 aromatic carbocycles. The molecule has 2 heterocycles. The molecule has 2 aliphatic heterocycles. The summed E-state index contributed by atoms with van der Waals surface area (Å²) in [7, 11) is 0. The van der Waals surface area contributed by atoms with Crippen molar-refractivity contribution < 1.29 is 14.4 Å². The van der Waals surface area contributed by atoms with Gasteiger partial charge in [0.2, 0.25) is 5.91 Å². The fourth-order valence-electron chi connectivity index (χ4n) is 3.38. The molecule has 0 N–H and O–H groups in total. The molecule has 2 unspecified atom stereocenters. The molecule has 0 radical (unpaired) electrons. The zero-order valence-corrected chi connectivity index (χ0v) is 15.6. The van der Waals surface area contributed by atoms with Crippen LogP contribution in [0.15, 0.2) is 53.6 Å². The highest BCUT2D eigenvalue weighted by Crippen LogP contribution is 2.38. The van der Waals surface area contributed by atoms with Gasteiger partial charge in [-0.15, -0.1) is 0 Å². The zero-order valence-electron chi connectivity index (χ0n) is 14.1.